The first-order valence-corrected chi connectivity index (χ1v) is 17.6. The van der Waals surface area contributed by atoms with Crippen molar-refractivity contribution in [3.05, 3.63) is 169 Å². The smallest absolute Gasteiger partial charge is 0.103 e. The normalized spacial score (nSPS) is 23.2. The van der Waals surface area contributed by atoms with Gasteiger partial charge in [-0.2, -0.15) is 0 Å². The van der Waals surface area contributed by atoms with Crippen molar-refractivity contribution in [1.29, 1.82) is 0 Å². The standard InChI is InChI=1S/C39H38O2P2/c1-39(36(41-3)28-17-29-37(39)43(32-22-12-6-13-23-32)33-24-14-7-15-25-33)38-34(40-2)26-16-27-35(38)42(30-18-8-4-9-19-30)31-20-10-5-11-21-31/h4-29,34,37-38H,1-3H3/t34?,37-,38-,39?/m0/s1. The number of hydrogen-bond acceptors (Lipinski definition) is 2. The molecule has 0 saturated carbocycles. The molecular formula is C39H38O2P2. The average molecular weight is 601 g/mol. The van der Waals surface area contributed by atoms with E-state index in [2.05, 4.69) is 165 Å². The molecule has 216 valence electrons. The van der Waals surface area contributed by atoms with Crippen LogP contribution in [0.15, 0.2) is 169 Å². The number of ether oxygens (including phenoxy) is 2. The van der Waals surface area contributed by atoms with Gasteiger partial charge in [0.2, 0.25) is 0 Å². The molecule has 4 aromatic rings. The minimum Gasteiger partial charge on any atom is -0.500 e. The lowest BCUT2D eigenvalue weighted by atomic mass is 9.67. The molecule has 0 fully saturated rings. The Hall–Kier alpha value is -3.54. The maximum Gasteiger partial charge on any atom is 0.103 e. The first-order valence-electron chi connectivity index (χ1n) is 14.8. The van der Waals surface area contributed by atoms with Crippen LogP contribution in [-0.4, -0.2) is 26.0 Å². The van der Waals surface area contributed by atoms with Crippen molar-refractivity contribution in [1.82, 2.24) is 0 Å². The monoisotopic (exact) mass is 600 g/mol. The summed E-state index contributed by atoms with van der Waals surface area (Å²) in [6.07, 6.45) is 13.5. The van der Waals surface area contributed by atoms with E-state index in [0.29, 0.717) is 0 Å². The zero-order valence-electron chi connectivity index (χ0n) is 25.0. The van der Waals surface area contributed by atoms with Crippen LogP contribution < -0.4 is 21.2 Å². The van der Waals surface area contributed by atoms with Crippen LogP contribution in [0.5, 0.6) is 0 Å². The van der Waals surface area contributed by atoms with E-state index in [1.54, 1.807) is 0 Å². The molecule has 2 aliphatic carbocycles. The van der Waals surface area contributed by atoms with Gasteiger partial charge in [0, 0.05) is 24.1 Å². The van der Waals surface area contributed by atoms with E-state index in [1.165, 1.54) is 26.5 Å². The SMILES string of the molecule is COC1=CC=C[C@H](P(c2ccccc2)c2ccccc2)C1(C)[C@@H]1C(P(c2ccccc2)c2ccccc2)=CC=CC1OC. The van der Waals surface area contributed by atoms with Gasteiger partial charge in [0.25, 0.3) is 0 Å². The number of hydrogen-bond donors (Lipinski definition) is 0. The van der Waals surface area contributed by atoms with Crippen LogP contribution in [0.25, 0.3) is 0 Å². The van der Waals surface area contributed by atoms with Crippen LogP contribution in [0.1, 0.15) is 6.92 Å². The molecule has 0 amide bonds. The summed E-state index contributed by atoms with van der Waals surface area (Å²) in [6.45, 7) is 2.42. The van der Waals surface area contributed by atoms with E-state index < -0.39 is 21.3 Å². The van der Waals surface area contributed by atoms with Crippen LogP contribution in [-0.2, 0) is 9.47 Å². The largest absolute Gasteiger partial charge is 0.500 e. The maximum absolute atomic E-state index is 6.39. The highest BCUT2D eigenvalue weighted by molar-refractivity contribution is 7.76. The first-order chi connectivity index (χ1) is 21.2. The summed E-state index contributed by atoms with van der Waals surface area (Å²) in [5.41, 5.74) is -0.240. The highest BCUT2D eigenvalue weighted by Crippen LogP contribution is 2.63. The van der Waals surface area contributed by atoms with Crippen LogP contribution in [0.2, 0.25) is 0 Å². The summed E-state index contributed by atoms with van der Waals surface area (Å²) in [4.78, 5) is 0. The number of benzene rings is 4. The zero-order chi connectivity index (χ0) is 29.6. The predicted molar refractivity (Wildman–Crippen MR) is 186 cm³/mol. The number of allylic oxidation sites excluding steroid dienone is 6. The molecule has 2 unspecified atom stereocenters. The van der Waals surface area contributed by atoms with Crippen molar-refractivity contribution >= 4 is 37.1 Å². The van der Waals surface area contributed by atoms with Gasteiger partial charge in [0.15, 0.2) is 0 Å². The summed E-state index contributed by atoms with van der Waals surface area (Å²) in [5.74, 6) is 1.04. The molecule has 4 heteroatoms. The average Bonchev–Trinajstić information content (AvgIpc) is 3.07. The van der Waals surface area contributed by atoms with Gasteiger partial charge in [0.05, 0.1) is 13.2 Å². The molecule has 4 atom stereocenters. The van der Waals surface area contributed by atoms with Gasteiger partial charge >= 0.3 is 0 Å². The highest BCUT2D eigenvalue weighted by atomic mass is 31.1. The second-order valence-electron chi connectivity index (χ2n) is 11.0. The fourth-order valence-corrected chi connectivity index (χ4v) is 12.5. The van der Waals surface area contributed by atoms with Gasteiger partial charge in [0.1, 0.15) is 5.76 Å². The lowest BCUT2D eigenvalue weighted by Gasteiger charge is -2.51. The molecule has 6 rings (SSSR count). The third-order valence-electron chi connectivity index (χ3n) is 8.67. The van der Waals surface area contributed by atoms with E-state index in [0.717, 1.165) is 5.76 Å². The van der Waals surface area contributed by atoms with E-state index in [4.69, 9.17) is 9.47 Å². The second kappa shape index (κ2) is 13.4. The molecule has 0 saturated heterocycles. The van der Waals surface area contributed by atoms with E-state index in [9.17, 15) is 0 Å². The summed E-state index contributed by atoms with van der Waals surface area (Å²) in [7, 11) is 2.05. The maximum atomic E-state index is 6.39. The Balaban J connectivity index is 1.58. The van der Waals surface area contributed by atoms with Crippen LogP contribution >= 0.6 is 15.8 Å². The third-order valence-corrected chi connectivity index (χ3v) is 14.2. The molecule has 0 radical (unpaired) electrons. The van der Waals surface area contributed by atoms with Crippen molar-refractivity contribution in [2.24, 2.45) is 11.3 Å². The van der Waals surface area contributed by atoms with Gasteiger partial charge in [-0.15, -0.1) is 0 Å². The van der Waals surface area contributed by atoms with Crippen molar-refractivity contribution < 1.29 is 9.47 Å². The van der Waals surface area contributed by atoms with Crippen LogP contribution in [0.4, 0.5) is 0 Å². The Morgan fingerprint density at radius 2 is 1.05 bits per heavy atom. The fraction of sp³-hybridized carbons (Fsp3) is 0.179. The van der Waals surface area contributed by atoms with E-state index >= 15 is 0 Å². The first kappa shape index (κ1) is 29.5. The van der Waals surface area contributed by atoms with Crippen LogP contribution in [0.3, 0.4) is 0 Å². The quantitative estimate of drug-likeness (QED) is 0.183. The molecule has 0 bridgehead atoms. The summed E-state index contributed by atoms with van der Waals surface area (Å²) in [6, 6.07) is 44.1. The minimum atomic E-state index is -0.838. The molecule has 0 aliphatic heterocycles. The molecule has 43 heavy (non-hydrogen) atoms. The second-order valence-corrected chi connectivity index (χ2v) is 15.6. The van der Waals surface area contributed by atoms with Gasteiger partial charge in [-0.25, -0.2) is 0 Å². The Morgan fingerprint density at radius 3 is 1.51 bits per heavy atom. The van der Waals surface area contributed by atoms with Crippen molar-refractivity contribution in [3.8, 4) is 0 Å². The van der Waals surface area contributed by atoms with Crippen LogP contribution in [0, 0.1) is 11.3 Å². The van der Waals surface area contributed by atoms with Gasteiger partial charge in [-0.1, -0.05) is 159 Å². The molecular weight excluding hydrogens is 562 g/mol. The molecule has 0 N–H and O–H groups in total. The molecule has 4 aromatic carbocycles. The third kappa shape index (κ3) is 5.73. The van der Waals surface area contributed by atoms with E-state index in [1.807, 2.05) is 14.2 Å². The Bertz CT molecular complexity index is 1530. The molecule has 0 spiro atoms. The van der Waals surface area contributed by atoms with Gasteiger partial charge < -0.3 is 9.47 Å². The Labute approximate surface area is 259 Å². The molecule has 2 aliphatic rings. The molecule has 0 heterocycles. The summed E-state index contributed by atoms with van der Waals surface area (Å²) in [5, 5.41) is 6.81. The Kier molecular flexibility index (Phi) is 9.20. The number of methoxy groups -OCH3 is 2. The van der Waals surface area contributed by atoms with Crippen molar-refractivity contribution in [2.45, 2.75) is 18.7 Å². The fourth-order valence-electron chi connectivity index (χ4n) is 6.73. The lowest BCUT2D eigenvalue weighted by Crippen LogP contribution is -2.49. The predicted octanol–water partition coefficient (Wildman–Crippen LogP) is 7.81. The Morgan fingerprint density at radius 1 is 0.581 bits per heavy atom. The lowest BCUT2D eigenvalue weighted by molar-refractivity contribution is 0.0355. The van der Waals surface area contributed by atoms with Gasteiger partial charge in [-0.3, -0.25) is 0 Å². The zero-order valence-corrected chi connectivity index (χ0v) is 26.7. The summed E-state index contributed by atoms with van der Waals surface area (Å²) >= 11 is 0. The number of rotatable bonds is 9. The molecule has 2 nitrogen and oxygen atoms in total. The van der Waals surface area contributed by atoms with Gasteiger partial charge in [-0.05, 0) is 48.5 Å². The van der Waals surface area contributed by atoms with E-state index in [-0.39, 0.29) is 17.7 Å². The summed E-state index contributed by atoms with van der Waals surface area (Å²) < 4.78 is 12.8. The van der Waals surface area contributed by atoms with Crippen molar-refractivity contribution in [2.75, 3.05) is 14.2 Å². The minimum absolute atomic E-state index is 0.0348. The van der Waals surface area contributed by atoms with Crippen molar-refractivity contribution in [3.63, 3.8) is 0 Å². The topological polar surface area (TPSA) is 18.5 Å². The molecule has 0 aromatic heterocycles. The highest BCUT2D eigenvalue weighted by Gasteiger charge is 2.54.